The summed E-state index contributed by atoms with van der Waals surface area (Å²) < 4.78 is 6.85. The number of rotatable bonds is 6. The van der Waals surface area contributed by atoms with Gasteiger partial charge < -0.3 is 9.72 Å². The van der Waals surface area contributed by atoms with E-state index in [9.17, 15) is 9.59 Å². The van der Waals surface area contributed by atoms with Crippen LogP contribution in [0.25, 0.3) is 5.65 Å². The molecule has 130 valence electrons. The summed E-state index contributed by atoms with van der Waals surface area (Å²) in [5, 5.41) is 8.82. The molecule has 3 heterocycles. The number of aromatic nitrogens is 4. The second-order valence-electron chi connectivity index (χ2n) is 5.47. The number of Topliss-reactive ketones (excluding diaryl/α,β-unsaturated/α-hetero) is 1. The first kappa shape index (κ1) is 17.2. The smallest absolute Gasteiger partial charge is 0.355 e. The van der Waals surface area contributed by atoms with Crippen molar-refractivity contribution in [2.24, 2.45) is 0 Å². The van der Waals surface area contributed by atoms with E-state index in [1.165, 1.54) is 11.8 Å². The number of ketones is 1. The highest BCUT2D eigenvalue weighted by Crippen LogP contribution is 2.23. The summed E-state index contributed by atoms with van der Waals surface area (Å²) >= 11 is 1.31. The van der Waals surface area contributed by atoms with E-state index in [0.29, 0.717) is 27.7 Å². The van der Waals surface area contributed by atoms with Gasteiger partial charge in [-0.2, -0.15) is 0 Å². The summed E-state index contributed by atoms with van der Waals surface area (Å²) in [6.45, 7) is 5.56. The molecule has 3 aromatic heterocycles. The maximum Gasteiger partial charge on any atom is 0.355 e. The first-order valence-electron chi connectivity index (χ1n) is 7.85. The van der Waals surface area contributed by atoms with Gasteiger partial charge in [-0.05, 0) is 38.5 Å². The second kappa shape index (κ2) is 7.10. The van der Waals surface area contributed by atoms with E-state index in [4.69, 9.17) is 4.74 Å². The van der Waals surface area contributed by atoms with Gasteiger partial charge in [0.1, 0.15) is 5.69 Å². The number of aromatic amines is 1. The van der Waals surface area contributed by atoms with Gasteiger partial charge in [0.05, 0.1) is 12.4 Å². The van der Waals surface area contributed by atoms with E-state index >= 15 is 0 Å². The SMILES string of the molecule is CCOC(=O)c1[nH]c(C)c(C(=O)CSc2nnc3ccccn23)c1C. The molecule has 25 heavy (non-hydrogen) atoms. The van der Waals surface area contributed by atoms with Crippen LogP contribution in [0.5, 0.6) is 0 Å². The number of ether oxygens (including phenoxy) is 1. The van der Waals surface area contributed by atoms with Gasteiger partial charge >= 0.3 is 5.97 Å². The van der Waals surface area contributed by atoms with Gasteiger partial charge in [-0.25, -0.2) is 4.79 Å². The number of hydrogen-bond acceptors (Lipinski definition) is 6. The zero-order valence-corrected chi connectivity index (χ0v) is 15.0. The first-order chi connectivity index (χ1) is 12.0. The maximum atomic E-state index is 12.7. The fourth-order valence-electron chi connectivity index (χ4n) is 2.70. The average molecular weight is 358 g/mol. The summed E-state index contributed by atoms with van der Waals surface area (Å²) in [7, 11) is 0. The molecule has 0 saturated carbocycles. The summed E-state index contributed by atoms with van der Waals surface area (Å²) in [5.74, 6) is -0.310. The van der Waals surface area contributed by atoms with Crippen LogP contribution in [-0.4, -0.2) is 43.7 Å². The Morgan fingerprint density at radius 1 is 1.28 bits per heavy atom. The quantitative estimate of drug-likeness (QED) is 0.414. The van der Waals surface area contributed by atoms with E-state index in [1.807, 2.05) is 28.8 Å². The van der Waals surface area contributed by atoms with Crippen molar-refractivity contribution in [3.8, 4) is 0 Å². The van der Waals surface area contributed by atoms with Crippen LogP contribution in [0.1, 0.15) is 39.0 Å². The average Bonchev–Trinajstić information content (AvgIpc) is 3.14. The monoisotopic (exact) mass is 358 g/mol. The predicted octanol–water partition coefficient (Wildman–Crippen LogP) is 2.83. The number of hydrogen-bond donors (Lipinski definition) is 1. The highest BCUT2D eigenvalue weighted by molar-refractivity contribution is 7.99. The number of fused-ring (bicyclic) bond motifs is 1. The van der Waals surface area contributed by atoms with Crippen molar-refractivity contribution >= 4 is 29.2 Å². The number of pyridine rings is 1. The Morgan fingerprint density at radius 2 is 2.08 bits per heavy atom. The molecule has 0 spiro atoms. The van der Waals surface area contributed by atoms with Crippen LogP contribution in [0.4, 0.5) is 0 Å². The van der Waals surface area contributed by atoms with Crippen LogP contribution in [0.3, 0.4) is 0 Å². The number of H-pyrrole nitrogens is 1. The van der Waals surface area contributed by atoms with Crippen molar-refractivity contribution in [1.29, 1.82) is 0 Å². The van der Waals surface area contributed by atoms with Crippen LogP contribution >= 0.6 is 11.8 Å². The number of carbonyl (C=O) groups is 2. The van der Waals surface area contributed by atoms with Crippen LogP contribution in [0.2, 0.25) is 0 Å². The molecule has 7 nitrogen and oxygen atoms in total. The molecule has 0 aliphatic heterocycles. The largest absolute Gasteiger partial charge is 0.461 e. The van der Waals surface area contributed by atoms with Gasteiger partial charge in [-0.3, -0.25) is 9.20 Å². The summed E-state index contributed by atoms with van der Waals surface area (Å²) in [6.07, 6.45) is 1.85. The minimum absolute atomic E-state index is 0.0699. The lowest BCUT2D eigenvalue weighted by Crippen LogP contribution is -2.08. The van der Waals surface area contributed by atoms with E-state index in [1.54, 1.807) is 20.8 Å². The number of aryl methyl sites for hydroxylation is 1. The third-order valence-electron chi connectivity index (χ3n) is 3.81. The molecule has 0 fully saturated rings. The second-order valence-corrected chi connectivity index (χ2v) is 6.41. The van der Waals surface area contributed by atoms with E-state index < -0.39 is 5.97 Å². The molecule has 0 aliphatic rings. The van der Waals surface area contributed by atoms with Gasteiger partial charge in [0.2, 0.25) is 0 Å². The normalized spacial score (nSPS) is 11.0. The Kier molecular flexibility index (Phi) is 4.89. The molecule has 0 aromatic carbocycles. The molecular formula is C17H18N4O3S. The Bertz CT molecular complexity index is 945. The highest BCUT2D eigenvalue weighted by atomic mass is 32.2. The van der Waals surface area contributed by atoms with Crippen LogP contribution in [-0.2, 0) is 4.74 Å². The summed E-state index contributed by atoms with van der Waals surface area (Å²) in [6, 6.07) is 5.62. The fourth-order valence-corrected chi connectivity index (χ4v) is 3.49. The molecule has 0 bridgehead atoms. The maximum absolute atomic E-state index is 12.7. The van der Waals surface area contributed by atoms with Crippen molar-refractivity contribution in [3.05, 3.63) is 46.9 Å². The van der Waals surface area contributed by atoms with Crippen molar-refractivity contribution in [2.45, 2.75) is 25.9 Å². The Hall–Kier alpha value is -2.61. The molecule has 8 heteroatoms. The lowest BCUT2D eigenvalue weighted by molar-refractivity contribution is 0.0519. The summed E-state index contributed by atoms with van der Waals surface area (Å²) in [5.41, 5.74) is 2.88. The van der Waals surface area contributed by atoms with Gasteiger partial charge in [-0.1, -0.05) is 17.8 Å². The molecule has 0 amide bonds. The predicted molar refractivity (Wildman–Crippen MR) is 94.3 cm³/mol. The van der Waals surface area contributed by atoms with Gasteiger partial charge in [0.25, 0.3) is 0 Å². The van der Waals surface area contributed by atoms with Crippen LogP contribution < -0.4 is 0 Å². The van der Waals surface area contributed by atoms with E-state index in [2.05, 4.69) is 15.2 Å². The number of carbonyl (C=O) groups excluding carboxylic acids is 2. The Balaban J connectivity index is 1.78. The number of nitrogens with zero attached hydrogens (tertiary/aromatic N) is 3. The molecule has 0 unspecified atom stereocenters. The zero-order valence-electron chi connectivity index (χ0n) is 14.2. The third kappa shape index (κ3) is 3.30. The van der Waals surface area contributed by atoms with Crippen LogP contribution in [0, 0.1) is 13.8 Å². The van der Waals surface area contributed by atoms with Crippen molar-refractivity contribution in [1.82, 2.24) is 19.6 Å². The molecule has 0 radical (unpaired) electrons. The van der Waals surface area contributed by atoms with Gasteiger partial charge in [-0.15, -0.1) is 10.2 Å². The van der Waals surface area contributed by atoms with Crippen molar-refractivity contribution in [2.75, 3.05) is 12.4 Å². The highest BCUT2D eigenvalue weighted by Gasteiger charge is 2.23. The topological polar surface area (TPSA) is 89.4 Å². The number of thioether (sulfide) groups is 1. The lowest BCUT2D eigenvalue weighted by Gasteiger charge is -2.03. The Morgan fingerprint density at radius 3 is 2.84 bits per heavy atom. The standard InChI is InChI=1S/C17H18N4O3S/c1-4-24-16(23)15-10(2)14(11(3)18-15)12(22)9-25-17-20-19-13-7-5-6-8-21(13)17/h5-8,18H,4,9H2,1-3H3. The molecule has 3 rings (SSSR count). The summed E-state index contributed by atoms with van der Waals surface area (Å²) in [4.78, 5) is 27.6. The van der Waals surface area contributed by atoms with Gasteiger partial charge in [0, 0.05) is 17.5 Å². The fraction of sp³-hybridized carbons (Fsp3) is 0.294. The molecule has 3 aromatic rings. The Labute approximate surface area is 148 Å². The van der Waals surface area contributed by atoms with Crippen molar-refractivity contribution < 1.29 is 14.3 Å². The lowest BCUT2D eigenvalue weighted by atomic mass is 10.1. The molecule has 1 N–H and O–H groups in total. The molecule has 0 atom stereocenters. The minimum Gasteiger partial charge on any atom is -0.461 e. The van der Waals surface area contributed by atoms with E-state index in [-0.39, 0.29) is 18.1 Å². The molecule has 0 aliphatic carbocycles. The van der Waals surface area contributed by atoms with Gasteiger partial charge in [0.15, 0.2) is 16.6 Å². The number of nitrogens with one attached hydrogen (secondary N) is 1. The van der Waals surface area contributed by atoms with Crippen LogP contribution in [0.15, 0.2) is 29.6 Å². The third-order valence-corrected chi connectivity index (χ3v) is 4.75. The molecule has 0 saturated heterocycles. The zero-order chi connectivity index (χ0) is 18.0. The van der Waals surface area contributed by atoms with Crippen molar-refractivity contribution in [3.63, 3.8) is 0 Å². The first-order valence-corrected chi connectivity index (χ1v) is 8.83. The number of esters is 1. The van der Waals surface area contributed by atoms with E-state index in [0.717, 1.165) is 5.65 Å². The molecular weight excluding hydrogens is 340 g/mol. The minimum atomic E-state index is -0.446.